The molecule has 2 aliphatic rings. The Bertz CT molecular complexity index is 823. The van der Waals surface area contributed by atoms with Crippen LogP contribution >= 0.6 is 0 Å². The van der Waals surface area contributed by atoms with Gasteiger partial charge in [0.25, 0.3) is 11.5 Å². The van der Waals surface area contributed by atoms with E-state index in [-0.39, 0.29) is 11.5 Å². The number of nitrogens with one attached hydrogen (secondary N) is 1. The molecule has 1 amide bonds. The Morgan fingerprint density at radius 1 is 1.07 bits per heavy atom. The molecule has 6 heteroatoms. The number of benzene rings is 1. The Kier molecular flexibility index (Phi) is 5.86. The van der Waals surface area contributed by atoms with E-state index in [4.69, 9.17) is 0 Å². The molecule has 0 spiro atoms. The van der Waals surface area contributed by atoms with Gasteiger partial charge in [-0.15, -0.1) is 0 Å². The normalized spacial score (nSPS) is 21.1. The molecule has 2 saturated heterocycles. The van der Waals surface area contributed by atoms with Crippen LogP contribution in [0.2, 0.25) is 0 Å². The molecule has 28 heavy (non-hydrogen) atoms. The number of nitrogens with zero attached hydrogens (tertiary/aromatic N) is 3. The zero-order valence-electron chi connectivity index (χ0n) is 16.2. The lowest BCUT2D eigenvalue weighted by Gasteiger charge is -2.34. The molecule has 2 aliphatic heterocycles. The van der Waals surface area contributed by atoms with Gasteiger partial charge < -0.3 is 14.8 Å². The summed E-state index contributed by atoms with van der Waals surface area (Å²) in [4.78, 5) is 34.7. The van der Waals surface area contributed by atoms with Crippen molar-refractivity contribution >= 4 is 5.91 Å². The van der Waals surface area contributed by atoms with E-state index < -0.39 is 0 Å². The van der Waals surface area contributed by atoms with Crippen molar-refractivity contribution in [2.45, 2.75) is 25.7 Å². The second-order valence-electron chi connectivity index (χ2n) is 8.01. The summed E-state index contributed by atoms with van der Waals surface area (Å²) < 4.78 is 0. The summed E-state index contributed by atoms with van der Waals surface area (Å²) in [6.45, 7) is 5.05. The molecule has 0 aliphatic carbocycles. The summed E-state index contributed by atoms with van der Waals surface area (Å²) in [7, 11) is 0. The predicted octanol–water partition coefficient (Wildman–Crippen LogP) is 2.19. The van der Waals surface area contributed by atoms with Crippen LogP contribution < -0.4 is 5.56 Å². The molecular formula is C22H28N4O2. The highest BCUT2D eigenvalue weighted by Gasteiger charge is 2.34. The minimum absolute atomic E-state index is 0.0703. The fourth-order valence-electron chi connectivity index (χ4n) is 4.56. The molecule has 1 aromatic heterocycles. The van der Waals surface area contributed by atoms with Crippen molar-refractivity contribution in [1.82, 2.24) is 19.8 Å². The zero-order valence-corrected chi connectivity index (χ0v) is 16.2. The van der Waals surface area contributed by atoms with Crippen molar-refractivity contribution in [1.29, 1.82) is 0 Å². The molecule has 1 atom stereocenters. The van der Waals surface area contributed by atoms with Gasteiger partial charge in [0, 0.05) is 25.8 Å². The number of hydrogen-bond acceptors (Lipinski definition) is 4. The van der Waals surface area contributed by atoms with E-state index in [1.807, 2.05) is 4.90 Å². The van der Waals surface area contributed by atoms with Gasteiger partial charge in [-0.1, -0.05) is 30.3 Å². The molecule has 148 valence electrons. The number of rotatable bonds is 5. The van der Waals surface area contributed by atoms with Crippen LogP contribution in [0, 0.1) is 11.8 Å². The third-order valence-electron chi connectivity index (χ3n) is 6.26. The molecule has 1 N–H and O–H groups in total. The lowest BCUT2D eigenvalue weighted by molar-refractivity contribution is 0.0767. The first-order valence-electron chi connectivity index (χ1n) is 10.3. The number of carbonyl (C=O) groups is 1. The Morgan fingerprint density at radius 2 is 1.82 bits per heavy atom. The number of amides is 1. The van der Waals surface area contributed by atoms with E-state index in [1.54, 1.807) is 0 Å². The number of likely N-dealkylation sites (tertiary alicyclic amines) is 2. The number of hydrogen-bond donors (Lipinski definition) is 1. The van der Waals surface area contributed by atoms with Crippen molar-refractivity contribution in [3.05, 3.63) is 64.3 Å². The van der Waals surface area contributed by atoms with Crippen molar-refractivity contribution in [3.63, 3.8) is 0 Å². The summed E-state index contributed by atoms with van der Waals surface area (Å²) >= 11 is 0. The highest BCUT2D eigenvalue weighted by molar-refractivity contribution is 5.92. The van der Waals surface area contributed by atoms with Gasteiger partial charge in [-0.3, -0.25) is 9.59 Å². The summed E-state index contributed by atoms with van der Waals surface area (Å²) in [5.74, 6) is 1.22. The number of aromatic amines is 1. The number of H-pyrrole nitrogens is 1. The van der Waals surface area contributed by atoms with Crippen LogP contribution in [0.25, 0.3) is 0 Å². The van der Waals surface area contributed by atoms with Gasteiger partial charge in [-0.2, -0.15) is 0 Å². The van der Waals surface area contributed by atoms with E-state index >= 15 is 0 Å². The minimum atomic E-state index is -0.283. The Hall–Kier alpha value is -2.47. The molecule has 6 nitrogen and oxygen atoms in total. The molecule has 0 radical (unpaired) electrons. The van der Waals surface area contributed by atoms with Crippen LogP contribution in [0.5, 0.6) is 0 Å². The SMILES string of the molecule is O=C(c1c[nH]c(=O)cn1)N1CCC(C2CCN(CCc3ccccc3)CC2)C1. The summed E-state index contributed by atoms with van der Waals surface area (Å²) in [6.07, 6.45) is 7.22. The zero-order chi connectivity index (χ0) is 19.3. The topological polar surface area (TPSA) is 69.3 Å². The maximum absolute atomic E-state index is 12.6. The summed E-state index contributed by atoms with van der Waals surface area (Å²) in [5.41, 5.74) is 1.45. The quantitative estimate of drug-likeness (QED) is 0.863. The monoisotopic (exact) mass is 380 g/mol. The molecule has 2 aromatic rings. The van der Waals surface area contributed by atoms with Crippen LogP contribution in [0.4, 0.5) is 0 Å². The fraction of sp³-hybridized carbons (Fsp3) is 0.500. The van der Waals surface area contributed by atoms with E-state index in [9.17, 15) is 9.59 Å². The second kappa shape index (κ2) is 8.69. The molecule has 3 heterocycles. The standard InChI is InChI=1S/C22H28N4O2/c27-21-15-23-20(14-24-21)22(28)26-13-9-19(16-26)18-7-11-25(12-8-18)10-6-17-4-2-1-3-5-17/h1-5,14-15,18-19H,6-13,16H2,(H,24,27). The molecule has 0 saturated carbocycles. The summed E-state index contributed by atoms with van der Waals surface area (Å²) in [6, 6.07) is 10.7. The minimum Gasteiger partial charge on any atom is -0.337 e. The van der Waals surface area contributed by atoms with Crippen LogP contribution in [0.3, 0.4) is 0 Å². The van der Waals surface area contributed by atoms with Crippen molar-refractivity contribution in [2.75, 3.05) is 32.7 Å². The van der Waals surface area contributed by atoms with Crippen LogP contribution in [-0.2, 0) is 6.42 Å². The van der Waals surface area contributed by atoms with E-state index in [2.05, 4.69) is 45.2 Å². The smallest absolute Gasteiger partial charge is 0.273 e. The first-order valence-corrected chi connectivity index (χ1v) is 10.3. The maximum atomic E-state index is 12.6. The maximum Gasteiger partial charge on any atom is 0.273 e. The van der Waals surface area contributed by atoms with Gasteiger partial charge in [0.2, 0.25) is 0 Å². The molecule has 1 aromatic carbocycles. The van der Waals surface area contributed by atoms with Gasteiger partial charge in [-0.25, -0.2) is 4.98 Å². The third kappa shape index (κ3) is 4.50. The average Bonchev–Trinajstić information content (AvgIpc) is 3.24. The highest BCUT2D eigenvalue weighted by atomic mass is 16.2. The first kappa shape index (κ1) is 18.9. The Balaban J connectivity index is 1.24. The van der Waals surface area contributed by atoms with Gasteiger partial charge in [0.1, 0.15) is 5.69 Å². The van der Waals surface area contributed by atoms with Crippen LogP contribution in [0.1, 0.15) is 35.3 Å². The molecule has 2 fully saturated rings. The molecule has 0 bridgehead atoms. The fourth-order valence-corrected chi connectivity index (χ4v) is 4.56. The Labute approximate surface area is 165 Å². The largest absolute Gasteiger partial charge is 0.337 e. The highest BCUT2D eigenvalue weighted by Crippen LogP contribution is 2.32. The second-order valence-corrected chi connectivity index (χ2v) is 8.01. The Morgan fingerprint density at radius 3 is 2.54 bits per heavy atom. The molecule has 4 rings (SSSR count). The number of aromatic nitrogens is 2. The number of piperidine rings is 1. The van der Waals surface area contributed by atoms with E-state index in [0.717, 1.165) is 45.6 Å². The number of carbonyl (C=O) groups excluding carboxylic acids is 1. The van der Waals surface area contributed by atoms with E-state index in [0.29, 0.717) is 17.5 Å². The van der Waals surface area contributed by atoms with E-state index in [1.165, 1.54) is 30.8 Å². The van der Waals surface area contributed by atoms with Crippen molar-refractivity contribution in [3.8, 4) is 0 Å². The average molecular weight is 380 g/mol. The van der Waals surface area contributed by atoms with Gasteiger partial charge in [0.15, 0.2) is 0 Å². The lowest BCUT2D eigenvalue weighted by atomic mass is 9.83. The predicted molar refractivity (Wildman–Crippen MR) is 108 cm³/mol. The van der Waals surface area contributed by atoms with Crippen molar-refractivity contribution < 1.29 is 4.79 Å². The van der Waals surface area contributed by atoms with Gasteiger partial charge >= 0.3 is 0 Å². The van der Waals surface area contributed by atoms with Crippen molar-refractivity contribution in [2.24, 2.45) is 11.8 Å². The lowest BCUT2D eigenvalue weighted by Crippen LogP contribution is -2.38. The van der Waals surface area contributed by atoms with Crippen LogP contribution in [-0.4, -0.2) is 58.4 Å². The van der Waals surface area contributed by atoms with Gasteiger partial charge in [-0.05, 0) is 56.2 Å². The third-order valence-corrected chi connectivity index (χ3v) is 6.26. The molecular weight excluding hydrogens is 352 g/mol. The van der Waals surface area contributed by atoms with Crippen LogP contribution in [0.15, 0.2) is 47.5 Å². The first-order chi connectivity index (χ1) is 13.7. The summed E-state index contributed by atoms with van der Waals surface area (Å²) in [5, 5.41) is 0. The van der Waals surface area contributed by atoms with Gasteiger partial charge in [0.05, 0.1) is 6.20 Å². The molecule has 1 unspecified atom stereocenters.